The molecule has 2 fully saturated rings. The van der Waals surface area contributed by atoms with Crippen LogP contribution in [0, 0.1) is 5.92 Å². The van der Waals surface area contributed by atoms with Crippen molar-refractivity contribution < 1.29 is 22.5 Å². The van der Waals surface area contributed by atoms with Gasteiger partial charge in [0.2, 0.25) is 15.9 Å². The molecule has 1 aliphatic heterocycles. The van der Waals surface area contributed by atoms with E-state index in [2.05, 4.69) is 14.9 Å². The molecule has 1 aliphatic carbocycles. The lowest BCUT2D eigenvalue weighted by atomic mass is 9.96. The SMILES string of the molecule is COC(=O)c1ccc(S(=O)(=O)N2CCC[C@@H](Cc3nc(C4CC4)no3)C2)cc1. The van der Waals surface area contributed by atoms with Crippen LogP contribution in [0.25, 0.3) is 0 Å². The number of benzene rings is 1. The molecule has 0 N–H and O–H groups in total. The van der Waals surface area contributed by atoms with Crippen molar-refractivity contribution in [1.82, 2.24) is 14.4 Å². The van der Waals surface area contributed by atoms with E-state index in [0.717, 1.165) is 31.5 Å². The lowest BCUT2D eigenvalue weighted by molar-refractivity contribution is 0.0600. The van der Waals surface area contributed by atoms with Gasteiger partial charge in [-0.05, 0) is 55.9 Å². The van der Waals surface area contributed by atoms with Gasteiger partial charge in [0.05, 0.1) is 17.6 Å². The van der Waals surface area contributed by atoms with Gasteiger partial charge in [-0.25, -0.2) is 13.2 Å². The Morgan fingerprint density at radius 2 is 2.00 bits per heavy atom. The molecule has 2 aliphatic rings. The molecule has 1 aromatic carbocycles. The maximum atomic E-state index is 13.0. The van der Waals surface area contributed by atoms with E-state index in [0.29, 0.717) is 36.9 Å². The van der Waals surface area contributed by atoms with Crippen molar-refractivity contribution >= 4 is 16.0 Å². The lowest BCUT2D eigenvalue weighted by Gasteiger charge is -2.31. The zero-order chi connectivity index (χ0) is 19.7. The molecule has 1 aromatic heterocycles. The van der Waals surface area contributed by atoms with Crippen LogP contribution in [0.3, 0.4) is 0 Å². The normalized spacial score (nSPS) is 20.8. The third-order valence-electron chi connectivity index (χ3n) is 5.28. The van der Waals surface area contributed by atoms with Crippen LogP contribution in [0.2, 0.25) is 0 Å². The number of rotatable bonds is 6. The Labute approximate surface area is 163 Å². The molecule has 8 nitrogen and oxygen atoms in total. The maximum Gasteiger partial charge on any atom is 0.337 e. The van der Waals surface area contributed by atoms with Crippen molar-refractivity contribution in [3.63, 3.8) is 0 Å². The Kier molecular flexibility index (Phi) is 5.20. The predicted molar refractivity (Wildman–Crippen MR) is 99.2 cm³/mol. The number of sulfonamides is 1. The van der Waals surface area contributed by atoms with E-state index in [1.165, 1.54) is 35.7 Å². The van der Waals surface area contributed by atoms with Gasteiger partial charge in [0.15, 0.2) is 5.82 Å². The quantitative estimate of drug-likeness (QED) is 0.680. The van der Waals surface area contributed by atoms with E-state index in [1.807, 2.05) is 0 Å². The summed E-state index contributed by atoms with van der Waals surface area (Å²) in [6, 6.07) is 5.84. The van der Waals surface area contributed by atoms with Gasteiger partial charge in [-0.1, -0.05) is 5.16 Å². The number of hydrogen-bond donors (Lipinski definition) is 0. The number of hydrogen-bond acceptors (Lipinski definition) is 7. The Balaban J connectivity index is 1.44. The highest BCUT2D eigenvalue weighted by atomic mass is 32.2. The monoisotopic (exact) mass is 405 g/mol. The molecule has 0 bridgehead atoms. The summed E-state index contributed by atoms with van der Waals surface area (Å²) in [5.74, 6) is 1.46. The number of ether oxygens (including phenoxy) is 1. The molecular formula is C19H23N3O5S. The largest absolute Gasteiger partial charge is 0.465 e. The number of methoxy groups -OCH3 is 1. The molecule has 2 heterocycles. The van der Waals surface area contributed by atoms with Crippen molar-refractivity contribution in [2.45, 2.75) is 42.9 Å². The zero-order valence-corrected chi connectivity index (χ0v) is 16.5. The van der Waals surface area contributed by atoms with Crippen LogP contribution in [0.4, 0.5) is 0 Å². The van der Waals surface area contributed by atoms with Crippen molar-refractivity contribution in [1.29, 1.82) is 0 Å². The molecule has 0 unspecified atom stereocenters. The molecule has 0 radical (unpaired) electrons. The summed E-state index contributed by atoms with van der Waals surface area (Å²) in [7, 11) is -2.33. The van der Waals surface area contributed by atoms with Crippen molar-refractivity contribution in [2.24, 2.45) is 5.92 Å². The number of carbonyl (C=O) groups excluding carboxylic acids is 1. The van der Waals surface area contributed by atoms with Gasteiger partial charge in [0, 0.05) is 25.4 Å². The summed E-state index contributed by atoms with van der Waals surface area (Å²) in [5.41, 5.74) is 0.320. The van der Waals surface area contributed by atoms with Crippen LogP contribution in [-0.4, -0.2) is 49.0 Å². The molecule has 4 rings (SSSR count). The molecule has 1 saturated heterocycles. The predicted octanol–water partition coefficient (Wildman–Crippen LogP) is 2.38. The van der Waals surface area contributed by atoms with Crippen LogP contribution >= 0.6 is 0 Å². The lowest BCUT2D eigenvalue weighted by Crippen LogP contribution is -2.40. The summed E-state index contributed by atoms with van der Waals surface area (Å²) in [5, 5.41) is 4.03. The first-order valence-electron chi connectivity index (χ1n) is 9.48. The Bertz CT molecular complexity index is 950. The van der Waals surface area contributed by atoms with Crippen molar-refractivity contribution in [3.05, 3.63) is 41.5 Å². The molecule has 1 atom stereocenters. The van der Waals surface area contributed by atoms with E-state index in [9.17, 15) is 13.2 Å². The minimum Gasteiger partial charge on any atom is -0.465 e. The van der Waals surface area contributed by atoms with Crippen LogP contribution in [0.5, 0.6) is 0 Å². The summed E-state index contributed by atoms with van der Waals surface area (Å²) < 4.78 is 37.5. The summed E-state index contributed by atoms with van der Waals surface area (Å²) in [6.45, 7) is 0.900. The summed E-state index contributed by atoms with van der Waals surface area (Å²) in [4.78, 5) is 16.2. The van der Waals surface area contributed by atoms with Gasteiger partial charge in [-0.15, -0.1) is 0 Å². The van der Waals surface area contributed by atoms with Gasteiger partial charge in [-0.3, -0.25) is 0 Å². The maximum absolute atomic E-state index is 13.0. The second-order valence-corrected chi connectivity index (χ2v) is 9.35. The number of carbonyl (C=O) groups is 1. The summed E-state index contributed by atoms with van der Waals surface area (Å²) in [6.07, 6.45) is 4.53. The highest BCUT2D eigenvalue weighted by Crippen LogP contribution is 2.38. The average molecular weight is 405 g/mol. The number of aromatic nitrogens is 2. The zero-order valence-electron chi connectivity index (χ0n) is 15.7. The highest BCUT2D eigenvalue weighted by Gasteiger charge is 2.32. The number of nitrogens with zero attached hydrogens (tertiary/aromatic N) is 3. The standard InChI is InChI=1S/C19H23N3O5S/c1-26-19(23)15-6-8-16(9-7-15)28(24,25)22-10-2-3-13(12-22)11-17-20-18(21-27-17)14-4-5-14/h6-9,13-14H,2-5,10-12H2,1H3/t13-/m0/s1. The van der Waals surface area contributed by atoms with Gasteiger partial charge in [0.25, 0.3) is 0 Å². The smallest absolute Gasteiger partial charge is 0.337 e. The van der Waals surface area contributed by atoms with Crippen LogP contribution in [-0.2, 0) is 21.2 Å². The van der Waals surface area contributed by atoms with Gasteiger partial charge < -0.3 is 9.26 Å². The minimum absolute atomic E-state index is 0.144. The summed E-state index contributed by atoms with van der Waals surface area (Å²) >= 11 is 0. The number of esters is 1. The van der Waals surface area contributed by atoms with Crippen LogP contribution in [0.15, 0.2) is 33.7 Å². The molecule has 1 saturated carbocycles. The highest BCUT2D eigenvalue weighted by molar-refractivity contribution is 7.89. The van der Waals surface area contributed by atoms with Crippen molar-refractivity contribution in [3.8, 4) is 0 Å². The molecule has 2 aromatic rings. The molecule has 150 valence electrons. The topological polar surface area (TPSA) is 103 Å². The Morgan fingerprint density at radius 1 is 1.25 bits per heavy atom. The molecule has 0 amide bonds. The Morgan fingerprint density at radius 3 is 2.68 bits per heavy atom. The first kappa shape index (κ1) is 19.1. The first-order chi connectivity index (χ1) is 13.5. The van der Waals surface area contributed by atoms with Crippen LogP contribution in [0.1, 0.15) is 53.7 Å². The van der Waals surface area contributed by atoms with Gasteiger partial charge in [-0.2, -0.15) is 9.29 Å². The average Bonchev–Trinajstić information content (AvgIpc) is 3.47. The number of piperidine rings is 1. The second-order valence-electron chi connectivity index (χ2n) is 7.41. The molecule has 28 heavy (non-hydrogen) atoms. The Hall–Kier alpha value is -2.26. The van der Waals surface area contributed by atoms with Gasteiger partial charge >= 0.3 is 5.97 Å². The van der Waals surface area contributed by atoms with E-state index in [1.54, 1.807) is 0 Å². The van der Waals surface area contributed by atoms with Crippen molar-refractivity contribution in [2.75, 3.05) is 20.2 Å². The minimum atomic E-state index is -3.62. The van der Waals surface area contributed by atoms with Gasteiger partial charge in [0.1, 0.15) is 0 Å². The van der Waals surface area contributed by atoms with E-state index >= 15 is 0 Å². The first-order valence-corrected chi connectivity index (χ1v) is 10.9. The molecule has 9 heteroatoms. The molecule has 0 spiro atoms. The van der Waals surface area contributed by atoms with E-state index in [4.69, 9.17) is 4.52 Å². The van der Waals surface area contributed by atoms with Crippen LogP contribution < -0.4 is 0 Å². The fourth-order valence-corrected chi connectivity index (χ4v) is 5.10. The fourth-order valence-electron chi connectivity index (χ4n) is 3.55. The third kappa shape index (κ3) is 3.95. The second kappa shape index (κ2) is 7.63. The fraction of sp³-hybridized carbons (Fsp3) is 0.526. The van der Waals surface area contributed by atoms with E-state index in [-0.39, 0.29) is 10.8 Å². The molecular weight excluding hydrogens is 382 g/mol. The van der Waals surface area contributed by atoms with E-state index < -0.39 is 16.0 Å². The third-order valence-corrected chi connectivity index (χ3v) is 7.16.